The summed E-state index contributed by atoms with van der Waals surface area (Å²) in [5.41, 5.74) is 19.8. The van der Waals surface area contributed by atoms with Gasteiger partial charge in [0, 0.05) is 22.0 Å². The maximum absolute atomic E-state index is 5.13. The molecule has 1 aliphatic heterocycles. The zero-order valence-corrected chi connectivity index (χ0v) is 32.6. The van der Waals surface area contributed by atoms with Crippen molar-refractivity contribution in [2.75, 3.05) is 0 Å². The van der Waals surface area contributed by atoms with Gasteiger partial charge in [-0.05, 0) is 103 Å². The molecule has 7 aromatic carbocycles. The van der Waals surface area contributed by atoms with E-state index in [9.17, 15) is 0 Å². The van der Waals surface area contributed by atoms with Crippen molar-refractivity contribution >= 4 is 11.7 Å². The van der Waals surface area contributed by atoms with Gasteiger partial charge in [0.25, 0.3) is 0 Å². The Bertz CT molecular complexity index is 2690. The number of nitrogens with zero attached hydrogens (tertiary/aromatic N) is 2. The summed E-state index contributed by atoms with van der Waals surface area (Å²) >= 11 is 0. The molecule has 0 bridgehead atoms. The van der Waals surface area contributed by atoms with E-state index in [2.05, 4.69) is 147 Å². The van der Waals surface area contributed by atoms with Crippen molar-refractivity contribution in [2.45, 2.75) is 62.9 Å². The normalized spacial score (nSPS) is 17.2. The number of hydrogen-bond acceptors (Lipinski definition) is 3. The molecule has 4 aliphatic rings. The molecule has 0 aromatic heterocycles. The summed E-state index contributed by atoms with van der Waals surface area (Å²) in [5, 5.41) is 3.51. The summed E-state index contributed by atoms with van der Waals surface area (Å²) in [6.07, 6.45) is 6.07. The Balaban J connectivity index is 0.963. The van der Waals surface area contributed by atoms with Crippen LogP contribution in [-0.2, 0) is 10.8 Å². The molecular formula is C54H45N3. The van der Waals surface area contributed by atoms with Crippen molar-refractivity contribution in [1.29, 1.82) is 0 Å². The zero-order valence-electron chi connectivity index (χ0n) is 32.6. The third-order valence-electron chi connectivity index (χ3n) is 13.3. The Morgan fingerprint density at radius 1 is 0.439 bits per heavy atom. The summed E-state index contributed by atoms with van der Waals surface area (Å²) in [7, 11) is 0. The van der Waals surface area contributed by atoms with Crippen LogP contribution in [0.25, 0.3) is 44.5 Å². The monoisotopic (exact) mass is 735 g/mol. The van der Waals surface area contributed by atoms with Gasteiger partial charge in [0.1, 0.15) is 11.7 Å². The molecule has 11 rings (SSSR count). The van der Waals surface area contributed by atoms with Gasteiger partial charge in [0.2, 0.25) is 0 Å². The second-order valence-corrected chi connectivity index (χ2v) is 16.9. The van der Waals surface area contributed by atoms with E-state index in [4.69, 9.17) is 9.98 Å². The third kappa shape index (κ3) is 5.40. The maximum Gasteiger partial charge on any atom is 0.169 e. The van der Waals surface area contributed by atoms with Crippen LogP contribution in [0.15, 0.2) is 174 Å². The highest BCUT2D eigenvalue weighted by Crippen LogP contribution is 2.60. The number of nitrogens with one attached hydrogen (secondary N) is 1. The Labute approximate surface area is 335 Å². The molecule has 0 amide bonds. The van der Waals surface area contributed by atoms with Crippen LogP contribution in [0.3, 0.4) is 0 Å². The van der Waals surface area contributed by atoms with Crippen molar-refractivity contribution in [3.05, 3.63) is 203 Å². The molecule has 3 heteroatoms. The molecule has 0 unspecified atom stereocenters. The molecule has 0 radical (unpaired) electrons. The summed E-state index contributed by atoms with van der Waals surface area (Å²) < 4.78 is 0. The van der Waals surface area contributed by atoms with Crippen LogP contribution in [0.1, 0.15) is 91.1 Å². The van der Waals surface area contributed by atoms with Gasteiger partial charge in [0.15, 0.2) is 6.17 Å². The van der Waals surface area contributed by atoms with Crippen molar-refractivity contribution in [2.24, 2.45) is 9.98 Å². The number of aliphatic imine (C=N–C) groups is 2. The van der Waals surface area contributed by atoms with Crippen molar-refractivity contribution in [3.8, 4) is 44.5 Å². The van der Waals surface area contributed by atoms with Crippen LogP contribution in [0.2, 0.25) is 0 Å². The number of rotatable bonds is 5. The molecule has 3 nitrogen and oxygen atoms in total. The first kappa shape index (κ1) is 34.0. The van der Waals surface area contributed by atoms with Crippen LogP contribution >= 0.6 is 0 Å². The van der Waals surface area contributed by atoms with Crippen molar-refractivity contribution < 1.29 is 0 Å². The van der Waals surface area contributed by atoms with Crippen molar-refractivity contribution in [1.82, 2.24) is 5.32 Å². The standard InChI is InChI=1S/C54H45N3/c1-53(2)46-25-15-23-41(49(46)44-34-48-43(33-47(44)53)42-22-10-11-24-45(42)54(48)30-12-5-13-31-54)36-28-26-35(27-29-36)39-20-14-21-40(32-39)52-56-50(37-16-6-3-7-17-37)55-51(57-52)38-18-8-4-9-19-38/h3-4,6-11,14-29,32-34,52H,5,12-13,30-31H2,1-2H3,(H,55,56,57). The Hall–Kier alpha value is -6.32. The fourth-order valence-corrected chi connectivity index (χ4v) is 10.5. The van der Waals surface area contributed by atoms with Crippen LogP contribution in [-0.4, -0.2) is 11.7 Å². The zero-order chi connectivity index (χ0) is 38.1. The van der Waals surface area contributed by atoms with Gasteiger partial charge < -0.3 is 5.32 Å². The van der Waals surface area contributed by atoms with Crippen molar-refractivity contribution in [3.63, 3.8) is 0 Å². The Morgan fingerprint density at radius 2 is 1.02 bits per heavy atom. The molecular weight excluding hydrogens is 691 g/mol. The van der Waals surface area contributed by atoms with Crippen LogP contribution in [0.5, 0.6) is 0 Å². The lowest BCUT2D eigenvalue weighted by molar-refractivity contribution is 0.353. The van der Waals surface area contributed by atoms with Gasteiger partial charge >= 0.3 is 0 Å². The van der Waals surface area contributed by atoms with E-state index >= 15 is 0 Å². The third-order valence-corrected chi connectivity index (χ3v) is 13.3. The van der Waals surface area contributed by atoms with Gasteiger partial charge in [-0.25, -0.2) is 9.98 Å². The maximum atomic E-state index is 5.13. The minimum atomic E-state index is -0.367. The second kappa shape index (κ2) is 13.1. The lowest BCUT2D eigenvalue weighted by Crippen LogP contribution is -2.35. The quantitative estimate of drug-likeness (QED) is 0.188. The van der Waals surface area contributed by atoms with E-state index in [1.807, 2.05) is 36.4 Å². The van der Waals surface area contributed by atoms with E-state index in [1.54, 1.807) is 11.1 Å². The lowest BCUT2D eigenvalue weighted by Gasteiger charge is -2.36. The smallest absolute Gasteiger partial charge is 0.169 e. The molecule has 57 heavy (non-hydrogen) atoms. The predicted molar refractivity (Wildman–Crippen MR) is 236 cm³/mol. The average Bonchev–Trinajstić information content (AvgIpc) is 3.67. The molecule has 0 saturated heterocycles. The highest BCUT2D eigenvalue weighted by molar-refractivity contribution is 6.15. The first-order valence-corrected chi connectivity index (χ1v) is 20.6. The van der Waals surface area contributed by atoms with Gasteiger partial charge in [-0.15, -0.1) is 0 Å². The molecule has 7 aromatic rings. The van der Waals surface area contributed by atoms with E-state index in [1.165, 1.54) is 82.2 Å². The molecule has 276 valence electrons. The highest BCUT2D eigenvalue weighted by atomic mass is 15.2. The topological polar surface area (TPSA) is 36.8 Å². The molecule has 1 fully saturated rings. The fourth-order valence-electron chi connectivity index (χ4n) is 10.5. The largest absolute Gasteiger partial charge is 0.324 e. The first-order valence-electron chi connectivity index (χ1n) is 20.6. The van der Waals surface area contributed by atoms with Gasteiger partial charge in [-0.1, -0.05) is 179 Å². The molecule has 3 aliphatic carbocycles. The Kier molecular flexibility index (Phi) is 7.83. The number of hydrogen-bond donors (Lipinski definition) is 1. The average molecular weight is 736 g/mol. The van der Waals surface area contributed by atoms with Crippen LogP contribution < -0.4 is 5.32 Å². The van der Waals surface area contributed by atoms with Crippen LogP contribution in [0.4, 0.5) is 0 Å². The number of fused-ring (bicyclic) bond motifs is 8. The predicted octanol–water partition coefficient (Wildman–Crippen LogP) is 13.1. The number of benzene rings is 7. The van der Waals surface area contributed by atoms with E-state index in [0.717, 1.165) is 33.9 Å². The highest BCUT2D eigenvalue weighted by Gasteiger charge is 2.46. The van der Waals surface area contributed by atoms with E-state index in [0.29, 0.717) is 0 Å². The minimum absolute atomic E-state index is 0.0896. The second-order valence-electron chi connectivity index (χ2n) is 16.9. The molecule has 1 saturated carbocycles. The fraction of sp³-hybridized carbons (Fsp3) is 0.185. The summed E-state index contributed by atoms with van der Waals surface area (Å²) in [4.78, 5) is 10.3. The molecule has 0 atom stereocenters. The van der Waals surface area contributed by atoms with E-state index in [-0.39, 0.29) is 17.0 Å². The molecule has 1 heterocycles. The SMILES string of the molecule is CC1(C)c2cc3c(cc2-c2c(-c4ccc(-c5cccc(C6N=C(c7ccccc7)NC(c7ccccc7)=N6)c5)cc4)cccc21)C1(CCCCC1)c1ccccc1-3. The van der Waals surface area contributed by atoms with E-state index < -0.39 is 0 Å². The van der Waals surface area contributed by atoms with Crippen LogP contribution in [0, 0.1) is 0 Å². The molecule has 1 N–H and O–H groups in total. The lowest BCUT2D eigenvalue weighted by atomic mass is 9.67. The summed E-state index contributed by atoms with van der Waals surface area (Å²) in [6.45, 7) is 4.84. The van der Waals surface area contributed by atoms with Gasteiger partial charge in [-0.2, -0.15) is 0 Å². The number of amidine groups is 2. The molecule has 1 spiro atoms. The van der Waals surface area contributed by atoms with Gasteiger partial charge in [-0.3, -0.25) is 0 Å². The minimum Gasteiger partial charge on any atom is -0.324 e. The summed E-state index contributed by atoms with van der Waals surface area (Å²) in [5.74, 6) is 1.65. The Morgan fingerprint density at radius 3 is 1.74 bits per heavy atom. The van der Waals surface area contributed by atoms with Gasteiger partial charge in [0.05, 0.1) is 0 Å². The summed E-state index contributed by atoms with van der Waals surface area (Å²) in [6, 6.07) is 60.0. The first-order chi connectivity index (χ1) is 28.0.